The standard InChI is InChI=1S/C17H17NO4/c1-21-15-8-7-14-13(16(15)19)9-10-18(14)17(20)22-11-12-5-3-2-4-6-12/h2-8,19H,9-11H2,1H3. The van der Waals surface area contributed by atoms with Crippen molar-refractivity contribution in [2.45, 2.75) is 13.0 Å². The molecule has 0 unspecified atom stereocenters. The summed E-state index contributed by atoms with van der Waals surface area (Å²) in [6.45, 7) is 0.720. The van der Waals surface area contributed by atoms with E-state index in [1.54, 1.807) is 12.1 Å². The quantitative estimate of drug-likeness (QED) is 0.946. The second-order valence-electron chi connectivity index (χ2n) is 5.06. The molecule has 0 atom stereocenters. The van der Waals surface area contributed by atoms with Gasteiger partial charge in [-0.2, -0.15) is 0 Å². The van der Waals surface area contributed by atoms with Crippen LogP contribution in [0.3, 0.4) is 0 Å². The summed E-state index contributed by atoms with van der Waals surface area (Å²) >= 11 is 0. The van der Waals surface area contributed by atoms with E-state index in [4.69, 9.17) is 9.47 Å². The van der Waals surface area contributed by atoms with Gasteiger partial charge in [-0.25, -0.2) is 4.79 Å². The molecular formula is C17H17NO4. The van der Waals surface area contributed by atoms with Gasteiger partial charge in [0, 0.05) is 12.1 Å². The van der Waals surface area contributed by atoms with Crippen LogP contribution in [0.15, 0.2) is 42.5 Å². The molecule has 5 nitrogen and oxygen atoms in total. The first kappa shape index (κ1) is 14.3. The highest BCUT2D eigenvalue weighted by Gasteiger charge is 2.29. The van der Waals surface area contributed by atoms with Crippen molar-refractivity contribution in [3.63, 3.8) is 0 Å². The minimum Gasteiger partial charge on any atom is -0.504 e. The number of anilines is 1. The molecule has 0 fully saturated rings. The van der Waals surface area contributed by atoms with Crippen LogP contribution >= 0.6 is 0 Å². The molecule has 5 heteroatoms. The van der Waals surface area contributed by atoms with E-state index < -0.39 is 6.09 Å². The number of methoxy groups -OCH3 is 1. The summed E-state index contributed by atoms with van der Waals surface area (Å²) in [5, 5.41) is 10.1. The molecule has 22 heavy (non-hydrogen) atoms. The molecule has 0 aromatic heterocycles. The van der Waals surface area contributed by atoms with E-state index in [1.807, 2.05) is 30.3 Å². The lowest BCUT2D eigenvalue weighted by Gasteiger charge is -2.17. The van der Waals surface area contributed by atoms with E-state index in [1.165, 1.54) is 12.0 Å². The second-order valence-corrected chi connectivity index (χ2v) is 5.06. The Kier molecular flexibility index (Phi) is 3.87. The number of phenolic OH excluding ortho intramolecular Hbond substituents is 1. The highest BCUT2D eigenvalue weighted by molar-refractivity contribution is 5.91. The number of rotatable bonds is 3. The number of carbonyl (C=O) groups is 1. The van der Waals surface area contributed by atoms with E-state index >= 15 is 0 Å². The number of hydrogen-bond donors (Lipinski definition) is 1. The minimum absolute atomic E-state index is 0.0957. The summed E-state index contributed by atoms with van der Waals surface area (Å²) in [6, 6.07) is 12.9. The van der Waals surface area contributed by atoms with Crippen LogP contribution in [-0.2, 0) is 17.8 Å². The third-order valence-electron chi connectivity index (χ3n) is 3.74. The van der Waals surface area contributed by atoms with Gasteiger partial charge in [0.15, 0.2) is 11.5 Å². The van der Waals surface area contributed by atoms with Crippen molar-refractivity contribution in [2.24, 2.45) is 0 Å². The number of ether oxygens (including phenoxy) is 2. The second kappa shape index (κ2) is 5.97. The van der Waals surface area contributed by atoms with E-state index in [-0.39, 0.29) is 12.4 Å². The van der Waals surface area contributed by atoms with Gasteiger partial charge < -0.3 is 14.6 Å². The van der Waals surface area contributed by atoms with Gasteiger partial charge in [-0.3, -0.25) is 4.90 Å². The molecule has 1 amide bonds. The first-order chi connectivity index (χ1) is 10.7. The largest absolute Gasteiger partial charge is 0.504 e. The number of fused-ring (bicyclic) bond motifs is 1. The first-order valence-corrected chi connectivity index (χ1v) is 7.07. The van der Waals surface area contributed by atoms with Gasteiger partial charge in [0.25, 0.3) is 0 Å². The molecule has 1 aliphatic heterocycles. The summed E-state index contributed by atoms with van der Waals surface area (Å²) in [7, 11) is 1.50. The zero-order chi connectivity index (χ0) is 15.5. The van der Waals surface area contributed by atoms with E-state index in [2.05, 4.69) is 0 Å². The number of carbonyl (C=O) groups excluding carboxylic acids is 1. The molecule has 114 valence electrons. The molecule has 0 radical (unpaired) electrons. The SMILES string of the molecule is COc1ccc2c(c1O)CCN2C(=O)OCc1ccccc1. The fraction of sp³-hybridized carbons (Fsp3) is 0.235. The predicted molar refractivity (Wildman–Crippen MR) is 82.3 cm³/mol. The zero-order valence-corrected chi connectivity index (χ0v) is 12.3. The molecule has 0 spiro atoms. The average molecular weight is 299 g/mol. The maximum atomic E-state index is 12.2. The third kappa shape index (κ3) is 2.57. The molecule has 0 saturated carbocycles. The van der Waals surface area contributed by atoms with E-state index in [0.29, 0.717) is 24.4 Å². The fourth-order valence-electron chi connectivity index (χ4n) is 2.60. The lowest BCUT2D eigenvalue weighted by Crippen LogP contribution is -2.29. The number of benzene rings is 2. The van der Waals surface area contributed by atoms with Crippen molar-refractivity contribution in [1.82, 2.24) is 0 Å². The Hall–Kier alpha value is -2.69. The molecule has 0 aliphatic carbocycles. The van der Waals surface area contributed by atoms with Crippen LogP contribution in [0.1, 0.15) is 11.1 Å². The van der Waals surface area contributed by atoms with E-state index in [0.717, 1.165) is 11.1 Å². The Bertz CT molecular complexity index is 685. The first-order valence-electron chi connectivity index (χ1n) is 7.07. The van der Waals surface area contributed by atoms with Gasteiger partial charge in [0.05, 0.1) is 12.8 Å². The summed E-state index contributed by atoms with van der Waals surface area (Å²) in [5.74, 6) is 0.511. The Balaban J connectivity index is 1.73. The Morgan fingerprint density at radius 2 is 2.00 bits per heavy atom. The molecule has 3 rings (SSSR count). The lowest BCUT2D eigenvalue weighted by molar-refractivity contribution is 0.147. The minimum atomic E-state index is -0.410. The fourth-order valence-corrected chi connectivity index (χ4v) is 2.60. The number of hydrogen-bond acceptors (Lipinski definition) is 4. The van der Waals surface area contributed by atoms with E-state index in [9.17, 15) is 9.90 Å². The number of phenols is 1. The number of aromatic hydroxyl groups is 1. The van der Waals surface area contributed by atoms with Crippen LogP contribution in [0, 0.1) is 0 Å². The maximum Gasteiger partial charge on any atom is 0.414 e. The van der Waals surface area contributed by atoms with Crippen LogP contribution in [0.2, 0.25) is 0 Å². The molecule has 1 heterocycles. The summed E-state index contributed by atoms with van der Waals surface area (Å²) in [6.07, 6.45) is 0.172. The Morgan fingerprint density at radius 1 is 1.23 bits per heavy atom. The van der Waals surface area contributed by atoms with Gasteiger partial charge >= 0.3 is 6.09 Å². The van der Waals surface area contributed by atoms with Gasteiger partial charge in [-0.1, -0.05) is 30.3 Å². The molecule has 0 bridgehead atoms. The topological polar surface area (TPSA) is 59.0 Å². The maximum absolute atomic E-state index is 12.2. The molecular weight excluding hydrogens is 282 g/mol. The Labute approximate surface area is 128 Å². The van der Waals surface area contributed by atoms with Crippen LogP contribution in [0.4, 0.5) is 10.5 Å². The van der Waals surface area contributed by atoms with Crippen LogP contribution in [0.5, 0.6) is 11.5 Å². The van der Waals surface area contributed by atoms with Crippen molar-refractivity contribution >= 4 is 11.8 Å². The van der Waals surface area contributed by atoms with Crippen molar-refractivity contribution in [1.29, 1.82) is 0 Å². The average Bonchev–Trinajstić information content (AvgIpc) is 2.99. The summed E-state index contributed by atoms with van der Waals surface area (Å²) in [4.78, 5) is 13.8. The number of amides is 1. The van der Waals surface area contributed by atoms with Crippen LogP contribution < -0.4 is 9.64 Å². The molecule has 0 saturated heterocycles. The van der Waals surface area contributed by atoms with Gasteiger partial charge in [-0.15, -0.1) is 0 Å². The summed E-state index contributed by atoms with van der Waals surface area (Å²) in [5.41, 5.74) is 2.33. The molecule has 2 aromatic carbocycles. The molecule has 2 aromatic rings. The predicted octanol–water partition coefficient (Wildman–Crippen LogP) is 3.10. The van der Waals surface area contributed by atoms with Crippen LogP contribution in [-0.4, -0.2) is 24.9 Å². The summed E-state index contributed by atoms with van der Waals surface area (Å²) < 4.78 is 10.4. The molecule has 1 N–H and O–H groups in total. The highest BCUT2D eigenvalue weighted by atomic mass is 16.6. The Morgan fingerprint density at radius 3 is 2.73 bits per heavy atom. The zero-order valence-electron chi connectivity index (χ0n) is 12.3. The number of nitrogens with zero attached hydrogens (tertiary/aromatic N) is 1. The third-order valence-corrected chi connectivity index (χ3v) is 3.74. The van der Waals surface area contributed by atoms with Gasteiger partial charge in [0.1, 0.15) is 6.61 Å². The van der Waals surface area contributed by atoms with Crippen molar-refractivity contribution in [2.75, 3.05) is 18.6 Å². The monoisotopic (exact) mass is 299 g/mol. The normalized spacial score (nSPS) is 12.9. The lowest BCUT2D eigenvalue weighted by atomic mass is 10.1. The highest BCUT2D eigenvalue weighted by Crippen LogP contribution is 2.40. The molecule has 1 aliphatic rings. The smallest absolute Gasteiger partial charge is 0.414 e. The van der Waals surface area contributed by atoms with Crippen molar-refractivity contribution < 1.29 is 19.4 Å². The van der Waals surface area contributed by atoms with Gasteiger partial charge in [-0.05, 0) is 24.1 Å². The van der Waals surface area contributed by atoms with Crippen molar-refractivity contribution in [3.05, 3.63) is 53.6 Å². The van der Waals surface area contributed by atoms with Crippen molar-refractivity contribution in [3.8, 4) is 11.5 Å². The van der Waals surface area contributed by atoms with Crippen LogP contribution in [0.25, 0.3) is 0 Å². The van der Waals surface area contributed by atoms with Gasteiger partial charge in [0.2, 0.25) is 0 Å².